The molecule has 0 aliphatic heterocycles. The van der Waals surface area contributed by atoms with Crippen LogP contribution < -0.4 is 4.74 Å². The van der Waals surface area contributed by atoms with Crippen molar-refractivity contribution in [2.45, 2.75) is 13.5 Å². The SMILES string of the molecule is CC(=O)c1ccc(N=Nc2cc(OCc3ccccc3)ccc2O)cc1. The number of phenols is 1. The summed E-state index contributed by atoms with van der Waals surface area (Å²) in [5.74, 6) is 0.600. The van der Waals surface area contributed by atoms with Crippen LogP contribution in [0.3, 0.4) is 0 Å². The van der Waals surface area contributed by atoms with E-state index in [1.807, 2.05) is 30.3 Å². The molecule has 0 spiro atoms. The van der Waals surface area contributed by atoms with Crippen LogP contribution in [0.25, 0.3) is 0 Å². The van der Waals surface area contributed by atoms with Gasteiger partial charge in [0.15, 0.2) is 5.78 Å². The number of ketones is 1. The van der Waals surface area contributed by atoms with E-state index in [1.165, 1.54) is 13.0 Å². The van der Waals surface area contributed by atoms with Gasteiger partial charge in [-0.2, -0.15) is 5.11 Å². The summed E-state index contributed by atoms with van der Waals surface area (Å²) in [7, 11) is 0. The van der Waals surface area contributed by atoms with Crippen LogP contribution in [-0.2, 0) is 6.61 Å². The minimum atomic E-state index is -0.00519. The summed E-state index contributed by atoms with van der Waals surface area (Å²) in [6, 6.07) is 21.4. The summed E-state index contributed by atoms with van der Waals surface area (Å²) in [5.41, 5.74) is 2.56. The summed E-state index contributed by atoms with van der Waals surface area (Å²) >= 11 is 0. The largest absolute Gasteiger partial charge is 0.506 e. The number of carbonyl (C=O) groups excluding carboxylic acids is 1. The van der Waals surface area contributed by atoms with Crippen LogP contribution in [0, 0.1) is 0 Å². The third-order valence-corrected chi connectivity index (χ3v) is 3.74. The van der Waals surface area contributed by atoms with Gasteiger partial charge in [0.25, 0.3) is 0 Å². The predicted molar refractivity (Wildman–Crippen MR) is 99.5 cm³/mol. The topological polar surface area (TPSA) is 71.2 Å². The number of rotatable bonds is 6. The second-order valence-electron chi connectivity index (χ2n) is 5.73. The van der Waals surface area contributed by atoms with Gasteiger partial charge in [0, 0.05) is 11.6 Å². The predicted octanol–water partition coefficient (Wildman–Crippen LogP) is 5.59. The fourth-order valence-electron chi connectivity index (χ4n) is 2.29. The van der Waals surface area contributed by atoms with Gasteiger partial charge in [0.2, 0.25) is 0 Å². The lowest BCUT2D eigenvalue weighted by Crippen LogP contribution is -1.94. The molecule has 0 fully saturated rings. The average molecular weight is 346 g/mol. The van der Waals surface area contributed by atoms with Crippen molar-refractivity contribution in [2.75, 3.05) is 0 Å². The molecule has 5 heteroatoms. The van der Waals surface area contributed by atoms with Crippen LogP contribution in [0.4, 0.5) is 11.4 Å². The first kappa shape index (κ1) is 17.4. The number of hydrogen-bond donors (Lipinski definition) is 1. The maximum absolute atomic E-state index is 11.3. The van der Waals surface area contributed by atoms with Crippen LogP contribution in [0.2, 0.25) is 0 Å². The molecule has 0 aromatic heterocycles. The van der Waals surface area contributed by atoms with Gasteiger partial charge in [-0.05, 0) is 48.9 Å². The maximum Gasteiger partial charge on any atom is 0.159 e. The number of nitrogens with zero attached hydrogens (tertiary/aromatic N) is 2. The van der Waals surface area contributed by atoms with Gasteiger partial charge in [-0.25, -0.2) is 0 Å². The van der Waals surface area contributed by atoms with Crippen molar-refractivity contribution in [3.8, 4) is 11.5 Å². The van der Waals surface area contributed by atoms with Gasteiger partial charge < -0.3 is 9.84 Å². The third-order valence-electron chi connectivity index (χ3n) is 3.74. The number of carbonyl (C=O) groups is 1. The van der Waals surface area contributed by atoms with Crippen LogP contribution >= 0.6 is 0 Å². The normalized spacial score (nSPS) is 10.8. The Morgan fingerprint density at radius 3 is 2.38 bits per heavy atom. The molecular formula is C21H18N2O3. The van der Waals surface area contributed by atoms with E-state index in [1.54, 1.807) is 36.4 Å². The number of aromatic hydroxyl groups is 1. The minimum Gasteiger partial charge on any atom is -0.506 e. The van der Waals surface area contributed by atoms with Crippen LogP contribution in [0.15, 0.2) is 83.0 Å². The molecule has 0 heterocycles. The second-order valence-corrected chi connectivity index (χ2v) is 5.73. The molecule has 0 aliphatic rings. The highest BCUT2D eigenvalue weighted by Gasteiger charge is 2.04. The lowest BCUT2D eigenvalue weighted by Gasteiger charge is -2.07. The van der Waals surface area contributed by atoms with Gasteiger partial charge in [0.05, 0.1) is 5.69 Å². The first-order valence-corrected chi connectivity index (χ1v) is 8.14. The van der Waals surface area contributed by atoms with E-state index in [0.717, 1.165) is 5.56 Å². The standard InChI is InChI=1S/C21H18N2O3/c1-15(24)17-7-9-18(10-8-17)22-23-20-13-19(11-12-21(20)25)26-14-16-5-3-2-4-6-16/h2-13,25H,14H2,1H3. The molecule has 26 heavy (non-hydrogen) atoms. The minimum absolute atomic E-state index is 0.00519. The average Bonchev–Trinajstić information content (AvgIpc) is 2.67. The molecule has 3 aromatic rings. The van der Waals surface area contributed by atoms with Crippen molar-refractivity contribution in [3.05, 3.63) is 83.9 Å². The van der Waals surface area contributed by atoms with Gasteiger partial charge in [-0.15, -0.1) is 5.11 Å². The van der Waals surface area contributed by atoms with Gasteiger partial charge in [-0.1, -0.05) is 30.3 Å². The monoisotopic (exact) mass is 346 g/mol. The lowest BCUT2D eigenvalue weighted by molar-refractivity contribution is 0.101. The van der Waals surface area contributed by atoms with Crippen LogP contribution in [0.5, 0.6) is 11.5 Å². The number of azo groups is 1. The summed E-state index contributed by atoms with van der Waals surface area (Å²) in [6.07, 6.45) is 0. The Labute approximate surface area is 151 Å². The summed E-state index contributed by atoms with van der Waals surface area (Å²) in [4.78, 5) is 11.3. The Kier molecular flexibility index (Phi) is 5.39. The van der Waals surface area contributed by atoms with Gasteiger partial charge in [0.1, 0.15) is 23.8 Å². The second kappa shape index (κ2) is 8.07. The number of benzene rings is 3. The molecule has 0 saturated heterocycles. The number of Topliss-reactive ketones (excluding diaryl/α,β-unsaturated/α-hetero) is 1. The molecule has 130 valence electrons. The van der Waals surface area contributed by atoms with E-state index in [0.29, 0.717) is 29.3 Å². The Morgan fingerprint density at radius 2 is 1.69 bits per heavy atom. The smallest absolute Gasteiger partial charge is 0.159 e. The molecule has 5 nitrogen and oxygen atoms in total. The van der Waals surface area contributed by atoms with Crippen molar-refractivity contribution in [1.29, 1.82) is 0 Å². The maximum atomic E-state index is 11.3. The lowest BCUT2D eigenvalue weighted by atomic mass is 10.1. The van der Waals surface area contributed by atoms with E-state index in [-0.39, 0.29) is 11.5 Å². The molecule has 0 unspecified atom stereocenters. The van der Waals surface area contributed by atoms with Gasteiger partial charge in [-0.3, -0.25) is 4.79 Å². The number of hydrogen-bond acceptors (Lipinski definition) is 5. The molecule has 0 aliphatic carbocycles. The highest BCUT2D eigenvalue weighted by atomic mass is 16.5. The molecule has 0 atom stereocenters. The molecular weight excluding hydrogens is 328 g/mol. The van der Waals surface area contributed by atoms with Crippen molar-refractivity contribution < 1.29 is 14.6 Å². The quantitative estimate of drug-likeness (QED) is 0.467. The zero-order chi connectivity index (χ0) is 18.4. The molecule has 0 amide bonds. The fraction of sp³-hybridized carbons (Fsp3) is 0.0952. The molecule has 3 aromatic carbocycles. The van der Waals surface area contributed by atoms with E-state index in [2.05, 4.69) is 10.2 Å². The van der Waals surface area contributed by atoms with E-state index < -0.39 is 0 Å². The summed E-state index contributed by atoms with van der Waals surface area (Å²) in [6.45, 7) is 1.93. The van der Waals surface area contributed by atoms with Crippen molar-refractivity contribution in [2.24, 2.45) is 10.2 Å². The third kappa shape index (κ3) is 4.54. The van der Waals surface area contributed by atoms with E-state index in [4.69, 9.17) is 4.74 Å². The number of phenolic OH excluding ortho intramolecular Hbond substituents is 1. The first-order chi connectivity index (χ1) is 12.6. The van der Waals surface area contributed by atoms with Crippen molar-refractivity contribution in [3.63, 3.8) is 0 Å². The van der Waals surface area contributed by atoms with Crippen molar-refractivity contribution >= 4 is 17.2 Å². The van der Waals surface area contributed by atoms with E-state index >= 15 is 0 Å². The van der Waals surface area contributed by atoms with Crippen molar-refractivity contribution in [1.82, 2.24) is 0 Å². The van der Waals surface area contributed by atoms with E-state index in [9.17, 15) is 9.90 Å². The Morgan fingerprint density at radius 1 is 0.962 bits per heavy atom. The number of ether oxygens (including phenoxy) is 1. The van der Waals surface area contributed by atoms with Crippen LogP contribution in [0.1, 0.15) is 22.8 Å². The Hall–Kier alpha value is -3.47. The summed E-state index contributed by atoms with van der Waals surface area (Å²) in [5, 5.41) is 18.1. The fourth-order valence-corrected chi connectivity index (χ4v) is 2.29. The highest BCUT2D eigenvalue weighted by molar-refractivity contribution is 5.94. The molecule has 0 radical (unpaired) electrons. The molecule has 1 N–H and O–H groups in total. The zero-order valence-electron chi connectivity index (χ0n) is 14.3. The molecule has 0 saturated carbocycles. The molecule has 3 rings (SSSR count). The highest BCUT2D eigenvalue weighted by Crippen LogP contribution is 2.32. The Balaban J connectivity index is 1.71. The first-order valence-electron chi connectivity index (χ1n) is 8.14. The molecule has 0 bridgehead atoms. The zero-order valence-corrected chi connectivity index (χ0v) is 14.3. The van der Waals surface area contributed by atoms with Gasteiger partial charge >= 0.3 is 0 Å². The summed E-state index contributed by atoms with van der Waals surface area (Å²) < 4.78 is 5.73. The van der Waals surface area contributed by atoms with Crippen LogP contribution in [-0.4, -0.2) is 10.9 Å². The Bertz CT molecular complexity index is 920.